The number of imidazole rings is 1. The summed E-state index contributed by atoms with van der Waals surface area (Å²) >= 11 is 0. The van der Waals surface area contributed by atoms with E-state index in [-0.39, 0.29) is 0 Å². The van der Waals surface area contributed by atoms with Crippen molar-refractivity contribution in [3.8, 4) is 11.4 Å². The van der Waals surface area contributed by atoms with E-state index in [0.717, 1.165) is 12.1 Å². The first-order chi connectivity index (χ1) is 10.8. The molecule has 0 spiro atoms. The van der Waals surface area contributed by atoms with Crippen LogP contribution >= 0.6 is 0 Å². The van der Waals surface area contributed by atoms with Crippen LogP contribution in [0.3, 0.4) is 0 Å². The van der Waals surface area contributed by atoms with Gasteiger partial charge < -0.3 is 14.2 Å². The molecule has 1 aromatic carbocycles. The van der Waals surface area contributed by atoms with Crippen LogP contribution in [-0.2, 0) is 17.6 Å². The summed E-state index contributed by atoms with van der Waals surface area (Å²) in [7, 11) is 1.34. The zero-order valence-corrected chi connectivity index (χ0v) is 11.9. The summed E-state index contributed by atoms with van der Waals surface area (Å²) in [6.45, 7) is 0. The molecule has 0 atom stereocenters. The average Bonchev–Trinajstić information content (AvgIpc) is 3.23. The third kappa shape index (κ3) is 3.03. The normalized spacial score (nSPS) is 10.6. The number of nitrogens with zero attached hydrogens (tertiary/aromatic N) is 3. The Hall–Kier alpha value is -2.96. The van der Waals surface area contributed by atoms with E-state index >= 15 is 0 Å². The van der Waals surface area contributed by atoms with Gasteiger partial charge in [-0.1, -0.05) is 17.3 Å². The Morgan fingerprint density at radius 2 is 2.27 bits per heavy atom. The molecule has 0 aliphatic heterocycles. The first kappa shape index (κ1) is 14.0. The van der Waals surface area contributed by atoms with E-state index in [1.165, 1.54) is 7.11 Å². The van der Waals surface area contributed by atoms with Gasteiger partial charge in [-0.3, -0.25) is 0 Å². The second kappa shape index (κ2) is 6.21. The maximum Gasteiger partial charge on any atom is 0.337 e. The molecule has 0 fully saturated rings. The van der Waals surface area contributed by atoms with Crippen LogP contribution in [-0.4, -0.2) is 33.2 Å². The highest BCUT2D eigenvalue weighted by atomic mass is 16.5. The Morgan fingerprint density at radius 1 is 1.36 bits per heavy atom. The summed E-state index contributed by atoms with van der Waals surface area (Å²) in [6.07, 6.45) is 4.75. The van der Waals surface area contributed by atoms with Gasteiger partial charge in [-0.05, 0) is 18.6 Å². The number of nitrogens with one attached hydrogen (secondary N) is 1. The highest BCUT2D eigenvalue weighted by molar-refractivity contribution is 5.90. The number of esters is 1. The Morgan fingerprint density at radius 3 is 3.05 bits per heavy atom. The summed E-state index contributed by atoms with van der Waals surface area (Å²) in [5.41, 5.74) is 2.16. The maximum atomic E-state index is 11.5. The van der Waals surface area contributed by atoms with Crippen molar-refractivity contribution >= 4 is 5.97 Å². The van der Waals surface area contributed by atoms with Crippen LogP contribution in [0.4, 0.5) is 0 Å². The smallest absolute Gasteiger partial charge is 0.337 e. The predicted octanol–water partition coefficient (Wildman–Crippen LogP) is 2.03. The van der Waals surface area contributed by atoms with Gasteiger partial charge in [0.15, 0.2) is 0 Å². The summed E-state index contributed by atoms with van der Waals surface area (Å²) in [5, 5.41) is 3.95. The van der Waals surface area contributed by atoms with Crippen LogP contribution in [0.2, 0.25) is 0 Å². The lowest BCUT2D eigenvalue weighted by Gasteiger charge is -2.00. The molecule has 0 aliphatic rings. The summed E-state index contributed by atoms with van der Waals surface area (Å²) in [6, 6.07) is 6.92. The topological polar surface area (TPSA) is 93.9 Å². The fourth-order valence-corrected chi connectivity index (χ4v) is 2.04. The zero-order valence-electron chi connectivity index (χ0n) is 11.9. The molecule has 0 amide bonds. The average molecular weight is 298 g/mol. The first-order valence-electron chi connectivity index (χ1n) is 6.75. The van der Waals surface area contributed by atoms with Gasteiger partial charge >= 0.3 is 5.97 Å². The van der Waals surface area contributed by atoms with Crippen LogP contribution < -0.4 is 0 Å². The van der Waals surface area contributed by atoms with Gasteiger partial charge in [-0.2, -0.15) is 4.98 Å². The van der Waals surface area contributed by atoms with Gasteiger partial charge in [0.05, 0.1) is 19.0 Å². The Bertz CT molecular complexity index is 765. The van der Waals surface area contributed by atoms with Crippen LogP contribution in [0.15, 0.2) is 41.3 Å². The van der Waals surface area contributed by atoms with Gasteiger partial charge in [0.25, 0.3) is 0 Å². The molecule has 0 saturated carbocycles. The molecule has 3 rings (SSSR count). The molecule has 7 nitrogen and oxygen atoms in total. The second-order valence-corrected chi connectivity index (χ2v) is 4.66. The number of rotatable bonds is 5. The van der Waals surface area contributed by atoms with E-state index in [2.05, 4.69) is 20.1 Å². The number of methoxy groups -OCH3 is 1. The van der Waals surface area contributed by atoms with Crippen LogP contribution in [0.1, 0.15) is 21.9 Å². The minimum absolute atomic E-state index is 0.398. The highest BCUT2D eigenvalue weighted by Crippen LogP contribution is 2.18. The molecule has 2 heterocycles. The van der Waals surface area contributed by atoms with E-state index in [4.69, 9.17) is 9.26 Å². The molecule has 0 saturated heterocycles. The fourth-order valence-electron chi connectivity index (χ4n) is 2.04. The Kier molecular flexibility index (Phi) is 3.95. The van der Waals surface area contributed by atoms with E-state index in [9.17, 15) is 4.79 Å². The molecule has 22 heavy (non-hydrogen) atoms. The molecule has 3 aromatic rings. The fraction of sp³-hybridized carbons (Fsp3) is 0.200. The molecule has 1 N–H and O–H groups in total. The first-order valence-corrected chi connectivity index (χ1v) is 6.75. The molecular formula is C15H14N4O3. The maximum absolute atomic E-state index is 11.5. The van der Waals surface area contributed by atoms with Crippen LogP contribution in [0.5, 0.6) is 0 Å². The van der Waals surface area contributed by atoms with Crippen molar-refractivity contribution in [2.75, 3.05) is 7.11 Å². The van der Waals surface area contributed by atoms with Crippen LogP contribution in [0.25, 0.3) is 11.4 Å². The number of aromatic amines is 1. The summed E-state index contributed by atoms with van der Waals surface area (Å²) < 4.78 is 9.93. The standard InChI is InChI=1S/C15H14N4O3/c1-21-15(20)11-4-2-3-10(7-11)14-18-13(22-19-14)6-5-12-8-16-9-17-12/h2-4,7-9H,5-6H2,1H3,(H,16,17). The van der Waals surface area contributed by atoms with Crippen molar-refractivity contribution in [1.82, 2.24) is 20.1 Å². The number of carbonyl (C=O) groups excluding carboxylic acids is 1. The minimum Gasteiger partial charge on any atom is -0.465 e. The number of ether oxygens (including phenoxy) is 1. The molecule has 112 valence electrons. The largest absolute Gasteiger partial charge is 0.465 e. The third-order valence-corrected chi connectivity index (χ3v) is 3.17. The lowest BCUT2D eigenvalue weighted by Crippen LogP contribution is -2.00. The third-order valence-electron chi connectivity index (χ3n) is 3.17. The van der Waals surface area contributed by atoms with Crippen molar-refractivity contribution in [2.45, 2.75) is 12.8 Å². The molecular weight excluding hydrogens is 284 g/mol. The lowest BCUT2D eigenvalue weighted by atomic mass is 10.1. The Labute approximate surface area is 126 Å². The molecule has 0 bridgehead atoms. The van der Waals surface area contributed by atoms with Crippen molar-refractivity contribution in [3.05, 3.63) is 53.9 Å². The number of H-pyrrole nitrogens is 1. The highest BCUT2D eigenvalue weighted by Gasteiger charge is 2.12. The zero-order chi connectivity index (χ0) is 15.4. The molecule has 0 aliphatic carbocycles. The molecule has 0 unspecified atom stereocenters. The summed E-state index contributed by atoms with van der Waals surface area (Å²) in [4.78, 5) is 22.9. The molecule has 0 radical (unpaired) electrons. The van der Waals surface area contributed by atoms with Gasteiger partial charge in [0.1, 0.15) is 0 Å². The van der Waals surface area contributed by atoms with Crippen molar-refractivity contribution in [3.63, 3.8) is 0 Å². The quantitative estimate of drug-likeness (QED) is 0.724. The number of aromatic nitrogens is 4. The number of hydrogen-bond acceptors (Lipinski definition) is 6. The van der Waals surface area contributed by atoms with Crippen molar-refractivity contribution in [2.24, 2.45) is 0 Å². The number of aryl methyl sites for hydroxylation is 2. The number of benzene rings is 1. The van der Waals surface area contributed by atoms with Gasteiger partial charge in [0, 0.05) is 23.9 Å². The van der Waals surface area contributed by atoms with E-state index in [1.54, 1.807) is 30.7 Å². The minimum atomic E-state index is -0.398. The van der Waals surface area contributed by atoms with Crippen molar-refractivity contribution < 1.29 is 14.1 Å². The monoisotopic (exact) mass is 298 g/mol. The van der Waals surface area contributed by atoms with Gasteiger partial charge in [0.2, 0.25) is 11.7 Å². The number of carbonyl (C=O) groups is 1. The number of hydrogen-bond donors (Lipinski definition) is 1. The lowest BCUT2D eigenvalue weighted by molar-refractivity contribution is 0.0601. The SMILES string of the molecule is COC(=O)c1cccc(-c2noc(CCc3cnc[nH]3)n2)c1. The van der Waals surface area contributed by atoms with E-state index in [0.29, 0.717) is 29.3 Å². The van der Waals surface area contributed by atoms with Gasteiger partial charge in [-0.25, -0.2) is 9.78 Å². The predicted molar refractivity (Wildman–Crippen MR) is 77.1 cm³/mol. The molecule has 7 heteroatoms. The second-order valence-electron chi connectivity index (χ2n) is 4.66. The van der Waals surface area contributed by atoms with Crippen LogP contribution in [0, 0.1) is 0 Å². The summed E-state index contributed by atoms with van der Waals surface area (Å²) in [5.74, 6) is 0.586. The van der Waals surface area contributed by atoms with Gasteiger partial charge in [-0.15, -0.1) is 0 Å². The van der Waals surface area contributed by atoms with E-state index in [1.807, 2.05) is 6.07 Å². The Balaban J connectivity index is 1.74. The van der Waals surface area contributed by atoms with Crippen molar-refractivity contribution in [1.29, 1.82) is 0 Å². The molecule has 2 aromatic heterocycles. The van der Waals surface area contributed by atoms with E-state index < -0.39 is 5.97 Å².